The van der Waals surface area contributed by atoms with Crippen LogP contribution in [0, 0.1) is 0 Å². The van der Waals surface area contributed by atoms with Crippen LogP contribution in [-0.4, -0.2) is 30.7 Å². The molecular weight excluding hydrogens is 246 g/mol. The van der Waals surface area contributed by atoms with Gasteiger partial charge in [-0.25, -0.2) is 5.84 Å². The standard InChI is InChI=1S/C13H21N3O3/c1-2-3-6-18-7-8-19-10-12-5-4-11(9-15-12)13(17)16-14/h4-5,9H,2-3,6-8,10,14H2,1H3,(H,16,17). The Kier molecular flexibility index (Phi) is 7.72. The number of aromatic nitrogens is 1. The number of pyridine rings is 1. The molecular formula is C13H21N3O3. The van der Waals surface area contributed by atoms with E-state index in [1.54, 1.807) is 12.1 Å². The average Bonchev–Trinajstić information content (AvgIpc) is 2.46. The van der Waals surface area contributed by atoms with Crippen LogP contribution in [0.1, 0.15) is 35.8 Å². The van der Waals surface area contributed by atoms with E-state index in [-0.39, 0.29) is 5.91 Å². The van der Waals surface area contributed by atoms with Crippen LogP contribution in [-0.2, 0) is 16.1 Å². The first kappa shape index (κ1) is 15.6. The van der Waals surface area contributed by atoms with E-state index in [0.717, 1.165) is 25.1 Å². The van der Waals surface area contributed by atoms with Crippen molar-refractivity contribution in [2.45, 2.75) is 26.4 Å². The van der Waals surface area contributed by atoms with E-state index in [0.29, 0.717) is 25.4 Å². The molecule has 0 fully saturated rings. The number of hydrogen-bond acceptors (Lipinski definition) is 5. The van der Waals surface area contributed by atoms with Gasteiger partial charge in [0.1, 0.15) is 0 Å². The quantitative estimate of drug-likeness (QED) is 0.302. The zero-order chi connectivity index (χ0) is 13.9. The maximum atomic E-state index is 11.2. The Balaban J connectivity index is 2.18. The van der Waals surface area contributed by atoms with Gasteiger partial charge in [0, 0.05) is 12.8 Å². The van der Waals surface area contributed by atoms with E-state index in [2.05, 4.69) is 17.3 Å². The molecule has 0 aliphatic carbocycles. The molecule has 19 heavy (non-hydrogen) atoms. The minimum atomic E-state index is -0.357. The van der Waals surface area contributed by atoms with E-state index in [9.17, 15) is 4.79 Å². The SMILES string of the molecule is CCCCOCCOCc1ccc(C(=O)NN)cn1. The van der Waals surface area contributed by atoms with Crippen molar-refractivity contribution in [1.82, 2.24) is 10.4 Å². The van der Waals surface area contributed by atoms with Crippen molar-refractivity contribution in [3.05, 3.63) is 29.6 Å². The minimum Gasteiger partial charge on any atom is -0.379 e. The number of nitrogen functional groups attached to an aromatic ring is 1. The Morgan fingerprint density at radius 1 is 1.32 bits per heavy atom. The number of carbonyl (C=O) groups excluding carboxylic acids is 1. The number of hydrogen-bond donors (Lipinski definition) is 2. The maximum absolute atomic E-state index is 11.2. The summed E-state index contributed by atoms with van der Waals surface area (Å²) in [5.74, 6) is 4.67. The Labute approximate surface area is 113 Å². The molecule has 3 N–H and O–H groups in total. The molecule has 0 saturated carbocycles. The van der Waals surface area contributed by atoms with Crippen molar-refractivity contribution in [3.8, 4) is 0 Å². The number of nitrogens with one attached hydrogen (secondary N) is 1. The number of rotatable bonds is 9. The second-order valence-electron chi connectivity index (χ2n) is 4.03. The van der Waals surface area contributed by atoms with Gasteiger partial charge >= 0.3 is 0 Å². The van der Waals surface area contributed by atoms with Crippen LogP contribution >= 0.6 is 0 Å². The first-order valence-corrected chi connectivity index (χ1v) is 6.39. The van der Waals surface area contributed by atoms with Crippen LogP contribution in [0.25, 0.3) is 0 Å². The maximum Gasteiger partial charge on any atom is 0.266 e. The molecule has 0 aliphatic rings. The highest BCUT2D eigenvalue weighted by Gasteiger charge is 2.03. The molecule has 106 valence electrons. The van der Waals surface area contributed by atoms with E-state index in [1.165, 1.54) is 6.20 Å². The number of nitrogens with two attached hydrogens (primary N) is 1. The summed E-state index contributed by atoms with van der Waals surface area (Å²) in [7, 11) is 0. The van der Waals surface area contributed by atoms with Crippen molar-refractivity contribution < 1.29 is 14.3 Å². The van der Waals surface area contributed by atoms with Gasteiger partial charge < -0.3 is 9.47 Å². The molecule has 6 heteroatoms. The van der Waals surface area contributed by atoms with Crippen LogP contribution < -0.4 is 11.3 Å². The summed E-state index contributed by atoms with van der Waals surface area (Å²) in [6.45, 7) is 4.44. The van der Waals surface area contributed by atoms with Gasteiger partial charge in [0.25, 0.3) is 5.91 Å². The average molecular weight is 267 g/mol. The number of carbonyl (C=O) groups is 1. The second-order valence-corrected chi connectivity index (χ2v) is 4.03. The van der Waals surface area contributed by atoms with Gasteiger partial charge in [-0.3, -0.25) is 15.2 Å². The summed E-state index contributed by atoms with van der Waals surface area (Å²) in [5, 5.41) is 0. The first-order valence-electron chi connectivity index (χ1n) is 6.39. The Bertz CT molecular complexity index is 368. The van der Waals surface area contributed by atoms with Crippen molar-refractivity contribution in [3.63, 3.8) is 0 Å². The molecule has 0 bridgehead atoms. The highest BCUT2D eigenvalue weighted by molar-refractivity contribution is 5.93. The zero-order valence-corrected chi connectivity index (χ0v) is 11.2. The van der Waals surface area contributed by atoms with Crippen molar-refractivity contribution in [2.75, 3.05) is 19.8 Å². The number of amides is 1. The predicted octanol–water partition coefficient (Wildman–Crippen LogP) is 1.02. The smallest absolute Gasteiger partial charge is 0.266 e. The van der Waals surface area contributed by atoms with E-state index in [4.69, 9.17) is 15.3 Å². The molecule has 0 radical (unpaired) electrons. The Hall–Kier alpha value is -1.50. The molecule has 1 amide bonds. The topological polar surface area (TPSA) is 86.5 Å². The molecule has 0 spiro atoms. The van der Waals surface area contributed by atoms with Crippen molar-refractivity contribution >= 4 is 5.91 Å². The second kappa shape index (κ2) is 9.43. The fraction of sp³-hybridized carbons (Fsp3) is 0.538. The first-order chi connectivity index (χ1) is 9.27. The predicted molar refractivity (Wildman–Crippen MR) is 71.3 cm³/mol. The van der Waals surface area contributed by atoms with Crippen molar-refractivity contribution in [1.29, 1.82) is 0 Å². The third-order valence-corrected chi connectivity index (χ3v) is 2.48. The number of nitrogens with zero attached hydrogens (tertiary/aromatic N) is 1. The summed E-state index contributed by atoms with van der Waals surface area (Å²) in [6.07, 6.45) is 3.68. The molecule has 1 aromatic heterocycles. The van der Waals surface area contributed by atoms with Gasteiger partial charge in [-0.2, -0.15) is 0 Å². The van der Waals surface area contributed by atoms with Crippen LogP contribution in [0.15, 0.2) is 18.3 Å². The molecule has 0 aliphatic heterocycles. The third kappa shape index (κ3) is 6.28. The highest BCUT2D eigenvalue weighted by Crippen LogP contribution is 2.01. The van der Waals surface area contributed by atoms with Gasteiger partial charge in [0.05, 0.1) is 31.1 Å². The Morgan fingerprint density at radius 3 is 2.74 bits per heavy atom. The molecule has 1 heterocycles. The third-order valence-electron chi connectivity index (χ3n) is 2.48. The molecule has 6 nitrogen and oxygen atoms in total. The van der Waals surface area contributed by atoms with Crippen LogP contribution in [0.5, 0.6) is 0 Å². The largest absolute Gasteiger partial charge is 0.379 e. The zero-order valence-electron chi connectivity index (χ0n) is 11.2. The molecule has 0 saturated heterocycles. The van der Waals surface area contributed by atoms with Crippen LogP contribution in [0.3, 0.4) is 0 Å². The monoisotopic (exact) mass is 267 g/mol. The summed E-state index contributed by atoms with van der Waals surface area (Å²) in [5.41, 5.74) is 3.24. The Morgan fingerprint density at radius 2 is 2.11 bits per heavy atom. The molecule has 0 atom stereocenters. The fourth-order valence-electron chi connectivity index (χ4n) is 1.37. The summed E-state index contributed by atoms with van der Waals surface area (Å²) < 4.78 is 10.8. The summed E-state index contributed by atoms with van der Waals surface area (Å²) >= 11 is 0. The lowest BCUT2D eigenvalue weighted by atomic mass is 10.2. The van der Waals surface area contributed by atoms with Gasteiger partial charge in [-0.15, -0.1) is 0 Å². The van der Waals surface area contributed by atoms with Gasteiger partial charge in [-0.05, 0) is 18.6 Å². The normalized spacial score (nSPS) is 10.4. The number of ether oxygens (including phenoxy) is 2. The van der Waals surface area contributed by atoms with Crippen LogP contribution in [0.2, 0.25) is 0 Å². The minimum absolute atomic E-state index is 0.357. The molecule has 1 rings (SSSR count). The number of hydrazine groups is 1. The van der Waals surface area contributed by atoms with Crippen molar-refractivity contribution in [2.24, 2.45) is 5.84 Å². The lowest BCUT2D eigenvalue weighted by Crippen LogP contribution is -2.30. The summed E-state index contributed by atoms with van der Waals surface area (Å²) in [4.78, 5) is 15.3. The number of unbranched alkanes of at least 4 members (excludes halogenated alkanes) is 1. The molecule has 0 unspecified atom stereocenters. The fourth-order valence-corrected chi connectivity index (χ4v) is 1.37. The lowest BCUT2D eigenvalue weighted by Gasteiger charge is -2.05. The molecule has 1 aromatic rings. The highest BCUT2D eigenvalue weighted by atomic mass is 16.5. The molecule has 0 aromatic carbocycles. The van der Waals surface area contributed by atoms with Gasteiger partial charge in [0.15, 0.2) is 0 Å². The summed E-state index contributed by atoms with van der Waals surface area (Å²) in [6, 6.07) is 3.40. The van der Waals surface area contributed by atoms with Gasteiger partial charge in [-0.1, -0.05) is 13.3 Å². The van der Waals surface area contributed by atoms with E-state index in [1.807, 2.05) is 0 Å². The van der Waals surface area contributed by atoms with Gasteiger partial charge in [0.2, 0.25) is 0 Å². The van der Waals surface area contributed by atoms with E-state index < -0.39 is 0 Å². The lowest BCUT2D eigenvalue weighted by molar-refractivity contribution is 0.0386. The van der Waals surface area contributed by atoms with E-state index >= 15 is 0 Å². The van der Waals surface area contributed by atoms with Crippen LogP contribution in [0.4, 0.5) is 0 Å².